The molecule has 1 aliphatic heterocycles. The first kappa shape index (κ1) is 16.2. The van der Waals surface area contributed by atoms with Crippen LogP contribution in [0.5, 0.6) is 0 Å². The first-order valence-electron chi connectivity index (χ1n) is 7.24. The lowest BCUT2D eigenvalue weighted by Crippen LogP contribution is -2.50. The summed E-state index contributed by atoms with van der Waals surface area (Å²) in [5, 5.41) is 3.34. The maximum absolute atomic E-state index is 12.0. The Bertz CT molecular complexity index is 310. The summed E-state index contributed by atoms with van der Waals surface area (Å²) in [4.78, 5) is 16.3. The lowest BCUT2D eigenvalue weighted by Gasteiger charge is -2.36. The van der Waals surface area contributed by atoms with Crippen LogP contribution in [0.15, 0.2) is 12.2 Å². The molecule has 1 heterocycles. The van der Waals surface area contributed by atoms with Gasteiger partial charge in [-0.15, -0.1) is 0 Å². The van der Waals surface area contributed by atoms with Crippen molar-refractivity contribution < 1.29 is 4.79 Å². The number of piperazine rings is 1. The van der Waals surface area contributed by atoms with Crippen molar-refractivity contribution in [3.63, 3.8) is 0 Å². The minimum absolute atomic E-state index is 0.0935. The van der Waals surface area contributed by atoms with E-state index in [1.165, 1.54) is 0 Å². The van der Waals surface area contributed by atoms with Crippen LogP contribution < -0.4 is 5.32 Å². The molecule has 1 fully saturated rings. The molecular weight excluding hydrogens is 238 g/mol. The molecule has 0 atom stereocenters. The van der Waals surface area contributed by atoms with E-state index in [1.807, 2.05) is 11.0 Å². The van der Waals surface area contributed by atoms with Gasteiger partial charge in [0.2, 0.25) is 5.91 Å². The molecule has 0 radical (unpaired) electrons. The van der Waals surface area contributed by atoms with Crippen molar-refractivity contribution in [1.29, 1.82) is 0 Å². The zero-order valence-electron chi connectivity index (χ0n) is 13.1. The number of hydrogen-bond acceptors (Lipinski definition) is 3. The number of nitrogens with one attached hydrogen (secondary N) is 1. The van der Waals surface area contributed by atoms with Crippen molar-refractivity contribution in [2.45, 2.75) is 46.2 Å². The highest BCUT2D eigenvalue weighted by Crippen LogP contribution is 2.06. The molecule has 0 saturated carbocycles. The molecule has 0 aliphatic carbocycles. The highest BCUT2D eigenvalue weighted by Gasteiger charge is 2.20. The zero-order chi connectivity index (χ0) is 14.5. The fourth-order valence-corrected chi connectivity index (χ4v) is 2.09. The number of amides is 1. The largest absolute Gasteiger partial charge is 0.337 e. The van der Waals surface area contributed by atoms with Crippen molar-refractivity contribution in [2.24, 2.45) is 0 Å². The van der Waals surface area contributed by atoms with Gasteiger partial charge in [-0.1, -0.05) is 6.08 Å². The van der Waals surface area contributed by atoms with Gasteiger partial charge in [0.25, 0.3) is 0 Å². The highest BCUT2D eigenvalue weighted by molar-refractivity contribution is 5.87. The van der Waals surface area contributed by atoms with Crippen molar-refractivity contribution in [3.8, 4) is 0 Å². The maximum atomic E-state index is 12.0. The molecule has 1 saturated heterocycles. The van der Waals surface area contributed by atoms with E-state index in [0.29, 0.717) is 6.04 Å². The third kappa shape index (κ3) is 6.21. The Morgan fingerprint density at radius 3 is 2.26 bits per heavy atom. The zero-order valence-corrected chi connectivity index (χ0v) is 13.1. The second-order valence-corrected chi connectivity index (χ2v) is 6.49. The smallest absolute Gasteiger partial charge is 0.246 e. The molecule has 0 bridgehead atoms. The molecular formula is C15H29N3O. The first-order chi connectivity index (χ1) is 8.79. The van der Waals surface area contributed by atoms with Gasteiger partial charge in [0.1, 0.15) is 0 Å². The Hall–Kier alpha value is -0.870. The first-order valence-corrected chi connectivity index (χ1v) is 7.24. The van der Waals surface area contributed by atoms with E-state index in [-0.39, 0.29) is 11.4 Å². The second kappa shape index (κ2) is 7.06. The Morgan fingerprint density at radius 1 is 1.21 bits per heavy atom. The van der Waals surface area contributed by atoms with Crippen LogP contribution in [0.4, 0.5) is 0 Å². The van der Waals surface area contributed by atoms with E-state index < -0.39 is 0 Å². The van der Waals surface area contributed by atoms with Crippen molar-refractivity contribution in [1.82, 2.24) is 15.1 Å². The molecule has 1 N–H and O–H groups in total. The summed E-state index contributed by atoms with van der Waals surface area (Å²) in [5.74, 6) is 0.138. The van der Waals surface area contributed by atoms with E-state index in [1.54, 1.807) is 6.08 Å². The predicted molar refractivity (Wildman–Crippen MR) is 80.2 cm³/mol. The van der Waals surface area contributed by atoms with Gasteiger partial charge in [0, 0.05) is 50.4 Å². The summed E-state index contributed by atoms with van der Waals surface area (Å²) in [6.07, 6.45) is 3.62. The minimum atomic E-state index is 0.0935. The molecule has 1 aliphatic rings. The molecule has 0 aromatic rings. The van der Waals surface area contributed by atoms with E-state index in [4.69, 9.17) is 0 Å². The van der Waals surface area contributed by atoms with Gasteiger partial charge in [-0.05, 0) is 34.6 Å². The normalized spacial score (nSPS) is 18.5. The minimum Gasteiger partial charge on any atom is -0.337 e. The van der Waals surface area contributed by atoms with Crippen molar-refractivity contribution in [2.75, 3.05) is 32.7 Å². The molecule has 0 aromatic heterocycles. The topological polar surface area (TPSA) is 35.6 Å². The molecule has 0 aromatic carbocycles. The van der Waals surface area contributed by atoms with Crippen LogP contribution >= 0.6 is 0 Å². The standard InChI is InChI=1S/C15H29N3O/c1-13(2)17-9-11-18(12-10-17)14(19)7-6-8-16-15(3,4)5/h6-7,13,16H,8-12H2,1-5H3/b7-6+. The van der Waals surface area contributed by atoms with Gasteiger partial charge in [-0.25, -0.2) is 0 Å². The Kier molecular flexibility index (Phi) is 6.01. The second-order valence-electron chi connectivity index (χ2n) is 6.49. The van der Waals surface area contributed by atoms with E-state index in [9.17, 15) is 4.79 Å². The molecule has 19 heavy (non-hydrogen) atoms. The number of nitrogens with zero attached hydrogens (tertiary/aromatic N) is 2. The number of carbonyl (C=O) groups is 1. The lowest BCUT2D eigenvalue weighted by atomic mass is 10.1. The van der Waals surface area contributed by atoms with Gasteiger partial charge in [0.15, 0.2) is 0 Å². The van der Waals surface area contributed by atoms with E-state index >= 15 is 0 Å². The Morgan fingerprint density at radius 2 is 1.79 bits per heavy atom. The van der Waals surface area contributed by atoms with Crippen molar-refractivity contribution >= 4 is 5.91 Å². The van der Waals surface area contributed by atoms with Crippen LogP contribution in [-0.4, -0.2) is 60.0 Å². The average molecular weight is 267 g/mol. The molecule has 1 amide bonds. The quantitative estimate of drug-likeness (QED) is 0.784. The SMILES string of the molecule is CC(C)N1CCN(C(=O)/C=C/CNC(C)(C)C)CC1. The Balaban J connectivity index is 2.29. The van der Waals surface area contributed by atoms with Crippen LogP contribution in [0.25, 0.3) is 0 Å². The fourth-order valence-electron chi connectivity index (χ4n) is 2.09. The van der Waals surface area contributed by atoms with Crippen molar-refractivity contribution in [3.05, 3.63) is 12.2 Å². The molecule has 1 rings (SSSR count). The molecule has 0 spiro atoms. The summed E-state index contributed by atoms with van der Waals surface area (Å²) in [6, 6.07) is 0.573. The third-order valence-electron chi connectivity index (χ3n) is 3.37. The van der Waals surface area contributed by atoms with Gasteiger partial charge >= 0.3 is 0 Å². The summed E-state index contributed by atoms with van der Waals surface area (Å²) < 4.78 is 0. The summed E-state index contributed by atoms with van der Waals surface area (Å²) >= 11 is 0. The Labute approximate surface area is 117 Å². The van der Waals surface area contributed by atoms with Crippen LogP contribution in [0, 0.1) is 0 Å². The monoisotopic (exact) mass is 267 g/mol. The maximum Gasteiger partial charge on any atom is 0.246 e. The fraction of sp³-hybridized carbons (Fsp3) is 0.800. The van der Waals surface area contributed by atoms with Gasteiger partial charge in [0.05, 0.1) is 0 Å². The van der Waals surface area contributed by atoms with Crippen LogP contribution in [0.2, 0.25) is 0 Å². The van der Waals surface area contributed by atoms with Crippen LogP contribution in [0.1, 0.15) is 34.6 Å². The van der Waals surface area contributed by atoms with E-state index in [0.717, 1.165) is 32.7 Å². The lowest BCUT2D eigenvalue weighted by molar-refractivity contribution is -0.128. The molecule has 110 valence electrons. The average Bonchev–Trinajstić information content (AvgIpc) is 2.33. The number of rotatable bonds is 4. The van der Waals surface area contributed by atoms with Crippen LogP contribution in [-0.2, 0) is 4.79 Å². The molecule has 4 nitrogen and oxygen atoms in total. The molecule has 0 unspecified atom stereocenters. The number of hydrogen-bond donors (Lipinski definition) is 1. The van der Waals surface area contributed by atoms with Gasteiger partial charge < -0.3 is 10.2 Å². The predicted octanol–water partition coefficient (Wildman–Crippen LogP) is 1.48. The summed E-state index contributed by atoms with van der Waals surface area (Å²) in [6.45, 7) is 15.2. The summed E-state index contributed by atoms with van der Waals surface area (Å²) in [5.41, 5.74) is 0.0935. The van der Waals surface area contributed by atoms with Gasteiger partial charge in [-0.2, -0.15) is 0 Å². The van der Waals surface area contributed by atoms with Gasteiger partial charge in [-0.3, -0.25) is 9.69 Å². The number of carbonyl (C=O) groups excluding carboxylic acids is 1. The summed E-state index contributed by atoms with van der Waals surface area (Å²) in [7, 11) is 0. The van der Waals surface area contributed by atoms with E-state index in [2.05, 4.69) is 44.8 Å². The highest BCUT2D eigenvalue weighted by atomic mass is 16.2. The third-order valence-corrected chi connectivity index (χ3v) is 3.37. The molecule has 4 heteroatoms. The van der Waals surface area contributed by atoms with Crippen LogP contribution in [0.3, 0.4) is 0 Å².